The minimum absolute atomic E-state index is 0.00648. The SMILES string of the molecule is CC1(C(=O)ONc2ccn([C@@H]3O[C@H](CO)[C@@H](O)[C@H]3O)c(=O)n2)CCOCC1. The van der Waals surface area contributed by atoms with E-state index in [2.05, 4.69) is 10.5 Å². The van der Waals surface area contributed by atoms with Crippen LogP contribution in [-0.4, -0.2) is 69.0 Å². The fourth-order valence-electron chi connectivity index (χ4n) is 3.02. The molecule has 0 aliphatic carbocycles. The van der Waals surface area contributed by atoms with Gasteiger partial charge < -0.3 is 29.6 Å². The van der Waals surface area contributed by atoms with Crippen molar-refractivity contribution in [3.8, 4) is 0 Å². The summed E-state index contributed by atoms with van der Waals surface area (Å²) >= 11 is 0. The molecular weight excluding hydrogens is 362 g/mol. The molecule has 2 saturated heterocycles. The van der Waals surface area contributed by atoms with Crippen molar-refractivity contribution in [2.24, 2.45) is 5.41 Å². The molecule has 11 nitrogen and oxygen atoms in total. The number of rotatable bonds is 5. The Bertz CT molecular complexity index is 733. The van der Waals surface area contributed by atoms with Crippen LogP contribution < -0.4 is 11.2 Å². The lowest BCUT2D eigenvalue weighted by atomic mass is 9.83. The summed E-state index contributed by atoms with van der Waals surface area (Å²) in [5, 5.41) is 28.9. The highest BCUT2D eigenvalue weighted by Crippen LogP contribution is 2.31. The number of nitrogens with zero attached hydrogens (tertiary/aromatic N) is 2. The van der Waals surface area contributed by atoms with Gasteiger partial charge in [0.1, 0.15) is 18.3 Å². The molecule has 0 radical (unpaired) electrons. The van der Waals surface area contributed by atoms with Crippen LogP contribution in [0.15, 0.2) is 17.1 Å². The molecule has 0 bridgehead atoms. The fraction of sp³-hybridized carbons (Fsp3) is 0.688. The molecular formula is C16H23N3O8. The third-order valence-corrected chi connectivity index (χ3v) is 4.96. The summed E-state index contributed by atoms with van der Waals surface area (Å²) in [7, 11) is 0. The lowest BCUT2D eigenvalue weighted by molar-refractivity contribution is -0.157. The molecule has 2 fully saturated rings. The minimum Gasteiger partial charge on any atom is -0.394 e. The second-order valence-electron chi connectivity index (χ2n) is 6.90. The number of aliphatic hydroxyl groups excluding tert-OH is 3. The van der Waals surface area contributed by atoms with Crippen LogP contribution in [0.3, 0.4) is 0 Å². The lowest BCUT2D eigenvalue weighted by Gasteiger charge is -2.30. The molecule has 2 aliphatic heterocycles. The van der Waals surface area contributed by atoms with E-state index in [1.54, 1.807) is 6.92 Å². The van der Waals surface area contributed by atoms with Crippen LogP contribution in [-0.2, 0) is 19.1 Å². The number of carbonyl (C=O) groups is 1. The molecule has 0 amide bonds. The number of ether oxygens (including phenoxy) is 2. The van der Waals surface area contributed by atoms with Crippen molar-refractivity contribution in [1.29, 1.82) is 0 Å². The van der Waals surface area contributed by atoms with E-state index < -0.39 is 48.2 Å². The van der Waals surface area contributed by atoms with Crippen LogP contribution in [0.1, 0.15) is 26.0 Å². The molecule has 0 aromatic carbocycles. The Morgan fingerprint density at radius 3 is 2.70 bits per heavy atom. The normalized spacial score (nSPS) is 30.1. The molecule has 4 N–H and O–H groups in total. The van der Waals surface area contributed by atoms with Crippen molar-refractivity contribution in [3.05, 3.63) is 22.7 Å². The van der Waals surface area contributed by atoms with Gasteiger partial charge in [0.2, 0.25) is 0 Å². The van der Waals surface area contributed by atoms with Gasteiger partial charge in [0.25, 0.3) is 0 Å². The molecule has 3 rings (SSSR count). The summed E-state index contributed by atoms with van der Waals surface area (Å²) in [5.74, 6) is -0.466. The predicted octanol–water partition coefficient (Wildman–Crippen LogP) is -1.46. The van der Waals surface area contributed by atoms with Crippen molar-refractivity contribution < 1.29 is 34.4 Å². The summed E-state index contributed by atoms with van der Waals surface area (Å²) in [4.78, 5) is 33.2. The van der Waals surface area contributed by atoms with Crippen LogP contribution in [0.25, 0.3) is 0 Å². The van der Waals surface area contributed by atoms with E-state index in [1.807, 2.05) is 0 Å². The number of aromatic nitrogens is 2. The van der Waals surface area contributed by atoms with E-state index >= 15 is 0 Å². The van der Waals surface area contributed by atoms with Crippen molar-refractivity contribution >= 4 is 11.8 Å². The first-order valence-corrected chi connectivity index (χ1v) is 8.62. The van der Waals surface area contributed by atoms with Crippen molar-refractivity contribution in [2.75, 3.05) is 25.3 Å². The van der Waals surface area contributed by atoms with Crippen LogP contribution >= 0.6 is 0 Å². The number of carbonyl (C=O) groups excluding carboxylic acids is 1. The second kappa shape index (κ2) is 7.90. The molecule has 4 atom stereocenters. The third-order valence-electron chi connectivity index (χ3n) is 4.96. The van der Waals surface area contributed by atoms with Gasteiger partial charge in [-0.2, -0.15) is 4.98 Å². The van der Waals surface area contributed by atoms with Crippen molar-refractivity contribution in [1.82, 2.24) is 9.55 Å². The summed E-state index contributed by atoms with van der Waals surface area (Å²) in [6.45, 7) is 2.23. The van der Waals surface area contributed by atoms with Crippen LogP contribution in [0.5, 0.6) is 0 Å². The highest BCUT2D eigenvalue weighted by atomic mass is 16.7. The largest absolute Gasteiger partial charge is 0.394 e. The summed E-state index contributed by atoms with van der Waals surface area (Å²) in [6, 6.07) is 1.36. The van der Waals surface area contributed by atoms with Gasteiger partial charge in [-0.15, -0.1) is 0 Å². The van der Waals surface area contributed by atoms with Gasteiger partial charge in [-0.1, -0.05) is 0 Å². The number of hydrogen-bond donors (Lipinski definition) is 4. The first-order valence-electron chi connectivity index (χ1n) is 8.62. The Kier molecular flexibility index (Phi) is 5.77. The van der Waals surface area contributed by atoms with E-state index in [0.29, 0.717) is 26.1 Å². The van der Waals surface area contributed by atoms with E-state index in [0.717, 1.165) is 4.57 Å². The zero-order valence-corrected chi connectivity index (χ0v) is 14.8. The lowest BCUT2D eigenvalue weighted by Crippen LogP contribution is -2.37. The third kappa shape index (κ3) is 3.96. The summed E-state index contributed by atoms with van der Waals surface area (Å²) in [6.07, 6.45) is -2.56. The maximum Gasteiger partial charge on any atom is 0.351 e. The molecule has 1 aromatic rings. The van der Waals surface area contributed by atoms with E-state index in [4.69, 9.17) is 19.4 Å². The molecule has 1 aromatic heterocycles. The zero-order chi connectivity index (χ0) is 19.6. The van der Waals surface area contributed by atoms with Crippen LogP contribution in [0.2, 0.25) is 0 Å². The van der Waals surface area contributed by atoms with Gasteiger partial charge >= 0.3 is 11.7 Å². The van der Waals surface area contributed by atoms with Gasteiger partial charge in [0, 0.05) is 25.5 Å². The Morgan fingerprint density at radius 2 is 2.11 bits per heavy atom. The van der Waals surface area contributed by atoms with Gasteiger partial charge in [-0.05, 0) is 19.8 Å². The van der Waals surface area contributed by atoms with Crippen LogP contribution in [0, 0.1) is 5.41 Å². The quantitative estimate of drug-likeness (QED) is 0.442. The molecule has 0 spiro atoms. The average Bonchev–Trinajstić information content (AvgIpc) is 2.95. The second-order valence-corrected chi connectivity index (χ2v) is 6.90. The first-order chi connectivity index (χ1) is 12.9. The molecule has 2 aliphatic rings. The zero-order valence-electron chi connectivity index (χ0n) is 14.8. The van der Waals surface area contributed by atoms with Gasteiger partial charge in [-0.3, -0.25) is 4.57 Å². The monoisotopic (exact) mass is 385 g/mol. The molecule has 0 saturated carbocycles. The maximum absolute atomic E-state index is 12.2. The Morgan fingerprint density at radius 1 is 1.41 bits per heavy atom. The van der Waals surface area contributed by atoms with Gasteiger partial charge in [0.05, 0.1) is 12.0 Å². The summed E-state index contributed by atoms with van der Waals surface area (Å²) in [5.41, 5.74) is 0.900. The van der Waals surface area contributed by atoms with E-state index in [-0.39, 0.29) is 5.82 Å². The Labute approximate surface area is 154 Å². The highest BCUT2D eigenvalue weighted by molar-refractivity contribution is 5.77. The standard InChI is InChI=1S/C16H23N3O8/c1-16(3-6-25-7-4-16)14(23)27-18-10-2-5-19(15(24)17-10)13-12(22)11(21)9(8-20)26-13/h2,5,9,11-13,20-22H,3-4,6-8H2,1H3,(H,17,18,24)/t9-,11-,12-,13-/m1/s1. The molecule has 3 heterocycles. The average molecular weight is 385 g/mol. The van der Waals surface area contributed by atoms with E-state index in [1.165, 1.54) is 12.3 Å². The molecule has 27 heavy (non-hydrogen) atoms. The number of nitrogens with one attached hydrogen (secondary N) is 1. The highest BCUT2D eigenvalue weighted by Gasteiger charge is 2.43. The summed E-state index contributed by atoms with van der Waals surface area (Å²) < 4.78 is 11.5. The predicted molar refractivity (Wildman–Crippen MR) is 89.4 cm³/mol. The van der Waals surface area contributed by atoms with Gasteiger partial charge in [0.15, 0.2) is 12.0 Å². The van der Waals surface area contributed by atoms with Crippen molar-refractivity contribution in [3.63, 3.8) is 0 Å². The smallest absolute Gasteiger partial charge is 0.351 e. The topological polar surface area (TPSA) is 152 Å². The fourth-order valence-corrected chi connectivity index (χ4v) is 3.02. The van der Waals surface area contributed by atoms with Gasteiger partial charge in [-0.25, -0.2) is 15.1 Å². The van der Waals surface area contributed by atoms with E-state index in [9.17, 15) is 19.8 Å². The Balaban J connectivity index is 1.65. The molecule has 150 valence electrons. The maximum atomic E-state index is 12.2. The van der Waals surface area contributed by atoms with Crippen molar-refractivity contribution in [2.45, 2.75) is 44.3 Å². The number of hydrogen-bond acceptors (Lipinski definition) is 10. The Hall–Kier alpha value is -2.05. The number of anilines is 1. The molecule has 11 heteroatoms. The molecule has 0 unspecified atom stereocenters. The number of aliphatic hydroxyl groups is 3. The van der Waals surface area contributed by atoms with Crippen LogP contribution in [0.4, 0.5) is 5.82 Å². The first kappa shape index (κ1) is 19.7. The minimum atomic E-state index is -1.40.